The number of hydrogen-bond acceptors (Lipinski definition) is 8. The minimum Gasteiger partial charge on any atom is -0.468 e. The Balaban J connectivity index is 0.0000000853. The van der Waals surface area contributed by atoms with E-state index in [2.05, 4.69) is 86.0 Å². The molecule has 0 spiro atoms. The van der Waals surface area contributed by atoms with Gasteiger partial charge in [-0.05, 0) is 313 Å². The molecule has 0 unspecified atom stereocenters. The van der Waals surface area contributed by atoms with E-state index in [4.69, 9.17) is 4.42 Å². The van der Waals surface area contributed by atoms with Crippen LogP contribution in [0.15, 0.2) is 73.4 Å². The molecule has 8 heteroatoms. The Bertz CT molecular complexity index is 2540. The van der Waals surface area contributed by atoms with E-state index in [0.717, 1.165) is 109 Å². The van der Waals surface area contributed by atoms with E-state index in [1.807, 2.05) is 40.3 Å². The number of thiophene rings is 3. The van der Waals surface area contributed by atoms with Gasteiger partial charge in [-0.2, -0.15) is 0 Å². The lowest BCUT2D eigenvalue weighted by Gasteiger charge is -2.57. The number of fused-ring (bicyclic) bond motifs is 4. The van der Waals surface area contributed by atoms with E-state index >= 15 is 0 Å². The summed E-state index contributed by atoms with van der Waals surface area (Å²) in [6.45, 7) is 4.46. The first kappa shape index (κ1) is 51.6. The molecule has 0 aromatic carbocycles. The summed E-state index contributed by atoms with van der Waals surface area (Å²) in [5.74, 6) is 13.7. The SMILES string of the molecule is C1=C(CNC23CC4CC(CC(C4)C2)C3)Cc2ccsc21.C1=C(CNC23CC4CC(CC(C4)C2)C3)Cc2ccsc21.C1=C(CNC23CC4CC(CC(C4)C2)C3)Cc2occc21.C1=C(CNC23CC4CC(CC(C4)C2)C3)Cc2sccc21. The summed E-state index contributed by atoms with van der Waals surface area (Å²) in [6.07, 6.45) is 52.0. The summed E-state index contributed by atoms with van der Waals surface area (Å²) in [6, 6.07) is 8.97. The highest BCUT2D eigenvalue weighted by Gasteiger charge is 2.54. The predicted molar refractivity (Wildman–Crippen MR) is 334 cm³/mol. The van der Waals surface area contributed by atoms with Gasteiger partial charge in [0, 0.05) is 81.4 Å². The van der Waals surface area contributed by atoms with Crippen molar-refractivity contribution >= 4 is 58.3 Å². The van der Waals surface area contributed by atoms with Gasteiger partial charge in [0.25, 0.3) is 0 Å². The number of nitrogens with one attached hydrogen (secondary N) is 4. The molecule has 0 aliphatic heterocycles. The van der Waals surface area contributed by atoms with Crippen LogP contribution in [0.2, 0.25) is 0 Å². The zero-order valence-electron chi connectivity index (χ0n) is 48.1. The molecular weight excluding hydrogens is 1030 g/mol. The average Bonchev–Trinajstić information content (AvgIpc) is 4.28. The van der Waals surface area contributed by atoms with Crippen molar-refractivity contribution in [2.24, 2.45) is 71.0 Å². The van der Waals surface area contributed by atoms with Crippen molar-refractivity contribution in [3.05, 3.63) is 112 Å². The minimum absolute atomic E-state index is 0.485. The van der Waals surface area contributed by atoms with Gasteiger partial charge in [-0.3, -0.25) is 0 Å². The standard InChI is InChI=1S/C18H23NO.3C18H23NS/c4*1-2-20-17-7-15(6-16(1)17)11-19-18-8-12-3-13(9-18)5-14(4-12)10-18/h1-2,6,12-14,19H,3-5,7-11H2;2*1-2,7,12-14,19H,3-6,8-11H2;1-2,6,12-14,19H,3-5,7-11H2. The molecule has 424 valence electrons. The highest BCUT2D eigenvalue weighted by Crippen LogP contribution is 2.59. The number of hydrogen-bond donors (Lipinski definition) is 4. The molecule has 5 nitrogen and oxygen atoms in total. The second-order valence-corrected chi connectivity index (χ2v) is 34.2. The van der Waals surface area contributed by atoms with Gasteiger partial charge in [0.15, 0.2) is 0 Å². The maximum Gasteiger partial charge on any atom is 0.115 e. The van der Waals surface area contributed by atoms with E-state index in [1.165, 1.54) is 142 Å². The van der Waals surface area contributed by atoms with Gasteiger partial charge < -0.3 is 25.7 Å². The molecule has 16 fully saturated rings. The van der Waals surface area contributed by atoms with Gasteiger partial charge in [0.2, 0.25) is 0 Å². The third kappa shape index (κ3) is 10.2. The zero-order chi connectivity index (χ0) is 52.6. The molecule has 0 atom stereocenters. The Morgan fingerprint density at radius 3 is 1.01 bits per heavy atom. The smallest absolute Gasteiger partial charge is 0.115 e. The first-order valence-electron chi connectivity index (χ1n) is 33.2. The topological polar surface area (TPSA) is 61.3 Å². The molecule has 4 aromatic rings. The second kappa shape index (κ2) is 20.4. The van der Waals surface area contributed by atoms with Crippen LogP contribution in [0.1, 0.15) is 197 Å². The van der Waals surface area contributed by atoms with E-state index < -0.39 is 0 Å². The third-order valence-corrected chi connectivity index (χ3v) is 27.8. The molecule has 4 heterocycles. The van der Waals surface area contributed by atoms with E-state index in [-0.39, 0.29) is 0 Å². The summed E-state index contributed by atoms with van der Waals surface area (Å²) >= 11 is 5.72. The molecule has 0 radical (unpaired) electrons. The molecular formula is C72H92N4OS3. The van der Waals surface area contributed by atoms with Gasteiger partial charge in [0.05, 0.1) is 6.26 Å². The molecule has 80 heavy (non-hydrogen) atoms. The van der Waals surface area contributed by atoms with Crippen LogP contribution in [0.5, 0.6) is 0 Å². The summed E-state index contributed by atoms with van der Waals surface area (Å²) < 4.78 is 5.52. The Kier molecular flexibility index (Phi) is 13.2. The lowest BCUT2D eigenvalue weighted by atomic mass is 9.53. The Hall–Kier alpha value is -2.82. The van der Waals surface area contributed by atoms with E-state index in [1.54, 1.807) is 90.5 Å². The maximum atomic E-state index is 5.52. The van der Waals surface area contributed by atoms with Crippen LogP contribution in [0.4, 0.5) is 0 Å². The fourth-order valence-electron chi connectivity index (χ4n) is 23.4. The van der Waals surface area contributed by atoms with Crippen LogP contribution >= 0.6 is 34.0 Å². The van der Waals surface area contributed by atoms with Crippen LogP contribution in [0.3, 0.4) is 0 Å². The first-order chi connectivity index (χ1) is 39.1. The quantitative estimate of drug-likeness (QED) is 0.114. The van der Waals surface area contributed by atoms with Crippen molar-refractivity contribution in [2.45, 2.75) is 202 Å². The Morgan fingerprint density at radius 1 is 0.350 bits per heavy atom. The summed E-state index contributed by atoms with van der Waals surface area (Å²) in [4.78, 5) is 4.59. The highest BCUT2D eigenvalue weighted by molar-refractivity contribution is 7.11. The van der Waals surface area contributed by atoms with Crippen LogP contribution in [0, 0.1) is 71.0 Å². The molecule has 0 saturated heterocycles. The molecule has 20 aliphatic carbocycles. The van der Waals surface area contributed by atoms with Crippen LogP contribution < -0.4 is 21.3 Å². The van der Waals surface area contributed by atoms with Gasteiger partial charge in [0.1, 0.15) is 5.76 Å². The highest BCUT2D eigenvalue weighted by atomic mass is 32.1. The molecule has 4 aromatic heterocycles. The van der Waals surface area contributed by atoms with Gasteiger partial charge in [-0.15, -0.1) is 34.0 Å². The predicted octanol–water partition coefficient (Wildman–Crippen LogP) is 16.5. The van der Waals surface area contributed by atoms with Crippen molar-refractivity contribution in [1.82, 2.24) is 21.3 Å². The van der Waals surface area contributed by atoms with E-state index in [9.17, 15) is 0 Å². The molecule has 16 saturated carbocycles. The van der Waals surface area contributed by atoms with Gasteiger partial charge in [-0.1, -0.05) is 28.9 Å². The monoisotopic (exact) mass is 1120 g/mol. The fourth-order valence-corrected chi connectivity index (χ4v) is 26.1. The lowest BCUT2D eigenvalue weighted by molar-refractivity contribution is -0.0184. The Morgan fingerprint density at radius 2 is 0.675 bits per heavy atom. The van der Waals surface area contributed by atoms with Crippen molar-refractivity contribution in [1.29, 1.82) is 0 Å². The molecule has 20 aliphatic rings. The normalized spacial score (nSPS) is 41.0. The first-order valence-corrected chi connectivity index (χ1v) is 35.8. The van der Waals surface area contributed by atoms with Crippen molar-refractivity contribution < 1.29 is 4.42 Å². The minimum atomic E-state index is 0.485. The summed E-state index contributed by atoms with van der Waals surface area (Å²) in [5, 5.41) is 22.8. The van der Waals surface area contributed by atoms with Gasteiger partial charge >= 0.3 is 0 Å². The lowest BCUT2D eigenvalue weighted by Crippen LogP contribution is -2.58. The van der Waals surface area contributed by atoms with Crippen LogP contribution in [-0.2, 0) is 25.7 Å². The van der Waals surface area contributed by atoms with Crippen LogP contribution in [0.25, 0.3) is 24.3 Å². The van der Waals surface area contributed by atoms with Crippen molar-refractivity contribution in [3.8, 4) is 0 Å². The number of furan rings is 1. The van der Waals surface area contributed by atoms with Crippen LogP contribution in [-0.4, -0.2) is 48.3 Å². The van der Waals surface area contributed by atoms with Crippen molar-refractivity contribution in [3.63, 3.8) is 0 Å². The fraction of sp³-hybridized carbons (Fsp3) is 0.667. The van der Waals surface area contributed by atoms with Crippen molar-refractivity contribution in [2.75, 3.05) is 26.2 Å². The average molecular weight is 1130 g/mol. The third-order valence-electron chi connectivity index (χ3n) is 25.0. The molecule has 16 bridgehead atoms. The summed E-state index contributed by atoms with van der Waals surface area (Å²) in [7, 11) is 0. The van der Waals surface area contributed by atoms with Gasteiger partial charge in [-0.25, -0.2) is 0 Å². The number of rotatable bonds is 12. The molecule has 4 N–H and O–H groups in total. The largest absolute Gasteiger partial charge is 0.468 e. The molecule has 0 amide bonds. The maximum absolute atomic E-state index is 5.52. The van der Waals surface area contributed by atoms with E-state index in [0.29, 0.717) is 22.2 Å². The zero-order valence-corrected chi connectivity index (χ0v) is 50.6. The second-order valence-electron chi connectivity index (χ2n) is 31.3. The summed E-state index contributed by atoms with van der Waals surface area (Å²) in [5.41, 5.74) is 14.3. The molecule has 24 rings (SSSR count). The Labute approximate surface area is 491 Å².